The minimum Gasteiger partial charge on any atom is -0.373 e. The average molecular weight is 427 g/mol. The van der Waals surface area contributed by atoms with Gasteiger partial charge in [0.2, 0.25) is 11.8 Å². The third-order valence-electron chi connectivity index (χ3n) is 7.74. The van der Waals surface area contributed by atoms with Crippen LogP contribution in [0.3, 0.4) is 0 Å². The normalized spacial score (nSPS) is 32.4. The average Bonchev–Trinajstić information content (AvgIpc) is 3.12. The molecule has 3 saturated heterocycles. The minimum atomic E-state index is -0.585. The molecule has 1 aromatic carbocycles. The molecule has 8 nitrogen and oxygen atoms in total. The van der Waals surface area contributed by atoms with Gasteiger partial charge in [0.1, 0.15) is 6.04 Å². The van der Waals surface area contributed by atoms with Gasteiger partial charge in [-0.05, 0) is 43.2 Å². The van der Waals surface area contributed by atoms with Crippen molar-refractivity contribution in [3.8, 4) is 0 Å². The number of piperidine rings is 1. The molecule has 1 aromatic rings. The predicted octanol–water partition coefficient (Wildman–Crippen LogP) is 0.825. The van der Waals surface area contributed by atoms with E-state index in [-0.39, 0.29) is 35.2 Å². The first kappa shape index (κ1) is 20.6. The van der Waals surface area contributed by atoms with E-state index in [1.165, 1.54) is 0 Å². The zero-order valence-electron chi connectivity index (χ0n) is 17.7. The van der Waals surface area contributed by atoms with E-state index in [2.05, 4.69) is 10.6 Å². The Bertz CT molecular complexity index is 906. The van der Waals surface area contributed by atoms with Gasteiger partial charge in [-0.15, -0.1) is 0 Å². The van der Waals surface area contributed by atoms with E-state index in [9.17, 15) is 14.4 Å². The highest BCUT2D eigenvalue weighted by atomic mass is 16.5. The van der Waals surface area contributed by atoms with Crippen LogP contribution in [-0.2, 0) is 27.4 Å². The van der Waals surface area contributed by atoms with Crippen molar-refractivity contribution in [1.29, 1.82) is 0 Å². The fourth-order valence-corrected chi connectivity index (χ4v) is 5.58. The number of nitrogens with one attached hydrogen (secondary N) is 2. The highest BCUT2D eigenvalue weighted by Crippen LogP contribution is 2.48. The first-order chi connectivity index (χ1) is 14.9. The highest BCUT2D eigenvalue weighted by molar-refractivity contribution is 6.05. The van der Waals surface area contributed by atoms with E-state index in [1.807, 2.05) is 18.2 Å². The van der Waals surface area contributed by atoms with Crippen LogP contribution in [0.15, 0.2) is 18.2 Å². The van der Waals surface area contributed by atoms with E-state index in [1.54, 1.807) is 4.90 Å². The van der Waals surface area contributed by atoms with Crippen LogP contribution in [0.4, 0.5) is 0 Å². The number of amides is 3. The van der Waals surface area contributed by atoms with Crippen molar-refractivity contribution in [2.45, 2.75) is 63.3 Å². The molecule has 0 spiro atoms. The van der Waals surface area contributed by atoms with Gasteiger partial charge in [0.15, 0.2) is 0 Å². The van der Waals surface area contributed by atoms with Gasteiger partial charge in [0.05, 0.1) is 12.2 Å². The maximum atomic E-state index is 13.2. The van der Waals surface area contributed by atoms with Crippen molar-refractivity contribution < 1.29 is 19.1 Å². The Morgan fingerprint density at radius 1 is 1.19 bits per heavy atom. The molecule has 2 bridgehead atoms. The smallest absolute Gasteiger partial charge is 0.255 e. The Hall–Kier alpha value is -2.29. The molecule has 3 amide bonds. The topological polar surface area (TPSA) is 114 Å². The van der Waals surface area contributed by atoms with Gasteiger partial charge in [-0.25, -0.2) is 0 Å². The molecular formula is C23H30N4O4. The molecular weight excluding hydrogens is 396 g/mol. The number of carbonyl (C=O) groups excluding carboxylic acids is 3. The summed E-state index contributed by atoms with van der Waals surface area (Å²) in [7, 11) is 0. The number of hydrogen-bond acceptors (Lipinski definition) is 6. The standard InChI is InChI=1S/C23H30N4O4/c24-12-22-6-8-23(9-7-22,31-14-22)13-25-10-15-2-1-3-16-11-27(21(30)19(15)16)17-4-5-18(28)26-20(17)29/h1-3,17,25H,4-14,24H2,(H,26,28,29). The number of fused-ring (bicyclic) bond motifs is 4. The van der Waals surface area contributed by atoms with Crippen molar-refractivity contribution >= 4 is 17.7 Å². The zero-order valence-corrected chi connectivity index (χ0v) is 17.7. The van der Waals surface area contributed by atoms with Crippen LogP contribution in [0.1, 0.15) is 60.0 Å². The number of carbonyl (C=O) groups is 3. The van der Waals surface area contributed by atoms with Crippen LogP contribution in [0.25, 0.3) is 0 Å². The predicted molar refractivity (Wildman–Crippen MR) is 113 cm³/mol. The summed E-state index contributed by atoms with van der Waals surface area (Å²) in [5.74, 6) is -0.776. The molecule has 5 aliphatic rings. The molecule has 6 rings (SSSR count). The van der Waals surface area contributed by atoms with Crippen LogP contribution in [0.2, 0.25) is 0 Å². The van der Waals surface area contributed by atoms with Crippen LogP contribution >= 0.6 is 0 Å². The number of nitrogens with zero attached hydrogens (tertiary/aromatic N) is 1. The van der Waals surface area contributed by atoms with Gasteiger partial charge >= 0.3 is 0 Å². The summed E-state index contributed by atoms with van der Waals surface area (Å²) in [6, 6.07) is 5.29. The third kappa shape index (κ3) is 3.56. The maximum Gasteiger partial charge on any atom is 0.255 e. The van der Waals surface area contributed by atoms with Crippen LogP contribution in [0, 0.1) is 5.41 Å². The van der Waals surface area contributed by atoms with Crippen molar-refractivity contribution in [3.05, 3.63) is 34.9 Å². The molecule has 4 heterocycles. The summed E-state index contributed by atoms with van der Waals surface area (Å²) >= 11 is 0. The minimum absolute atomic E-state index is 0.126. The molecule has 4 N–H and O–H groups in total. The Morgan fingerprint density at radius 2 is 2.00 bits per heavy atom. The van der Waals surface area contributed by atoms with Crippen LogP contribution in [-0.4, -0.2) is 54.0 Å². The van der Waals surface area contributed by atoms with E-state index >= 15 is 0 Å². The van der Waals surface area contributed by atoms with E-state index in [0.717, 1.165) is 50.0 Å². The van der Waals surface area contributed by atoms with Gasteiger partial charge in [-0.3, -0.25) is 19.7 Å². The molecule has 1 unspecified atom stereocenters. The Morgan fingerprint density at radius 3 is 2.68 bits per heavy atom. The molecule has 0 aromatic heterocycles. The lowest BCUT2D eigenvalue weighted by molar-refractivity contribution is -0.177. The summed E-state index contributed by atoms with van der Waals surface area (Å²) in [6.07, 6.45) is 4.91. The van der Waals surface area contributed by atoms with Crippen molar-refractivity contribution in [3.63, 3.8) is 0 Å². The number of imide groups is 1. The van der Waals surface area contributed by atoms with Crippen LogP contribution < -0.4 is 16.4 Å². The van der Waals surface area contributed by atoms with E-state index in [0.29, 0.717) is 31.6 Å². The molecule has 31 heavy (non-hydrogen) atoms. The Balaban J connectivity index is 1.25. The molecule has 166 valence electrons. The van der Waals surface area contributed by atoms with Crippen LogP contribution in [0.5, 0.6) is 0 Å². The van der Waals surface area contributed by atoms with Gasteiger partial charge < -0.3 is 20.7 Å². The SMILES string of the molecule is NCC12CCC(CNCc3cccc4c3C(=O)N(C3CCC(=O)NC3=O)C4)(CC1)OC2. The van der Waals surface area contributed by atoms with Gasteiger partial charge in [-0.2, -0.15) is 0 Å². The monoisotopic (exact) mass is 426 g/mol. The summed E-state index contributed by atoms with van der Waals surface area (Å²) < 4.78 is 6.24. The summed E-state index contributed by atoms with van der Waals surface area (Å²) in [5.41, 5.74) is 8.58. The van der Waals surface area contributed by atoms with E-state index < -0.39 is 6.04 Å². The second-order valence-electron chi connectivity index (χ2n) is 9.63. The second-order valence-corrected chi connectivity index (χ2v) is 9.63. The third-order valence-corrected chi connectivity index (χ3v) is 7.74. The van der Waals surface area contributed by atoms with Crippen molar-refractivity contribution in [1.82, 2.24) is 15.5 Å². The molecule has 4 fully saturated rings. The number of hydrogen-bond donors (Lipinski definition) is 3. The lowest BCUT2D eigenvalue weighted by Crippen LogP contribution is -2.57. The summed E-state index contributed by atoms with van der Waals surface area (Å²) in [4.78, 5) is 38.5. The Labute approximate surface area is 181 Å². The Kier molecular flexibility index (Phi) is 5.11. The van der Waals surface area contributed by atoms with Gasteiger partial charge in [-0.1, -0.05) is 18.2 Å². The molecule has 1 aliphatic carbocycles. The fraction of sp³-hybridized carbons (Fsp3) is 0.609. The second kappa shape index (κ2) is 7.69. The number of nitrogens with two attached hydrogens (primary N) is 1. The lowest BCUT2D eigenvalue weighted by atomic mass is 9.66. The molecule has 8 heteroatoms. The number of ether oxygens (including phenoxy) is 1. The molecule has 1 atom stereocenters. The van der Waals surface area contributed by atoms with Gasteiger partial charge in [0.25, 0.3) is 5.91 Å². The van der Waals surface area contributed by atoms with E-state index in [4.69, 9.17) is 10.5 Å². The van der Waals surface area contributed by atoms with Gasteiger partial charge in [0, 0.05) is 43.6 Å². The quantitative estimate of drug-likeness (QED) is 0.581. The lowest BCUT2D eigenvalue weighted by Gasteiger charge is -2.53. The fourth-order valence-electron chi connectivity index (χ4n) is 5.58. The largest absolute Gasteiger partial charge is 0.373 e. The van der Waals surface area contributed by atoms with Crippen molar-refractivity contribution in [2.75, 3.05) is 19.7 Å². The first-order valence-corrected chi connectivity index (χ1v) is 11.2. The zero-order chi connectivity index (χ0) is 21.6. The molecule has 1 saturated carbocycles. The van der Waals surface area contributed by atoms with Crippen molar-refractivity contribution in [2.24, 2.45) is 11.1 Å². The summed E-state index contributed by atoms with van der Waals surface area (Å²) in [5, 5.41) is 5.88. The number of rotatable bonds is 6. The first-order valence-electron chi connectivity index (χ1n) is 11.2. The highest BCUT2D eigenvalue weighted by Gasteiger charge is 2.49. The summed E-state index contributed by atoms with van der Waals surface area (Å²) in [6.45, 7) is 3.17. The molecule has 0 radical (unpaired) electrons. The molecule has 4 aliphatic heterocycles. The number of benzene rings is 1. The maximum absolute atomic E-state index is 13.2.